The van der Waals surface area contributed by atoms with Crippen molar-refractivity contribution in [1.29, 1.82) is 0 Å². The van der Waals surface area contributed by atoms with Gasteiger partial charge in [0.15, 0.2) is 0 Å². The van der Waals surface area contributed by atoms with E-state index >= 15 is 0 Å². The summed E-state index contributed by atoms with van der Waals surface area (Å²) < 4.78 is 2.39. The lowest BCUT2D eigenvalue weighted by Crippen LogP contribution is -2.13. The molecule has 1 atom stereocenters. The molecule has 1 heterocycles. The highest BCUT2D eigenvalue weighted by atomic mass is 15.0. The molecule has 2 nitrogen and oxygen atoms in total. The van der Waals surface area contributed by atoms with Gasteiger partial charge in [-0.2, -0.15) is 0 Å². The summed E-state index contributed by atoms with van der Waals surface area (Å²) in [7, 11) is 2.01. The van der Waals surface area contributed by atoms with Gasteiger partial charge in [-0.15, -0.1) is 0 Å². The van der Waals surface area contributed by atoms with Crippen LogP contribution in [0.3, 0.4) is 0 Å². The smallest absolute Gasteiger partial charge is 0.0306 e. The standard InChI is InChI=1S/C12H22N2/c1-8(2)14-9(3)7-12(11(14)5)10(4)13-6/h7-8,10,13H,1-6H3/t10-/m0/s1. The van der Waals surface area contributed by atoms with E-state index in [1.807, 2.05) is 7.05 Å². The van der Waals surface area contributed by atoms with E-state index in [2.05, 4.69) is 50.6 Å². The zero-order valence-corrected chi connectivity index (χ0v) is 10.2. The van der Waals surface area contributed by atoms with Crippen LogP contribution in [0.5, 0.6) is 0 Å². The van der Waals surface area contributed by atoms with Crippen LogP contribution in [0.2, 0.25) is 0 Å². The molecule has 14 heavy (non-hydrogen) atoms. The Labute approximate surface area is 87.3 Å². The lowest BCUT2D eigenvalue weighted by molar-refractivity contribution is 0.566. The summed E-state index contributed by atoms with van der Waals surface area (Å²) in [5.74, 6) is 0. The van der Waals surface area contributed by atoms with Gasteiger partial charge < -0.3 is 9.88 Å². The Morgan fingerprint density at radius 1 is 1.21 bits per heavy atom. The minimum Gasteiger partial charge on any atom is -0.346 e. The van der Waals surface area contributed by atoms with E-state index in [0.717, 1.165) is 0 Å². The van der Waals surface area contributed by atoms with Gasteiger partial charge in [0.2, 0.25) is 0 Å². The van der Waals surface area contributed by atoms with Crippen LogP contribution >= 0.6 is 0 Å². The van der Waals surface area contributed by atoms with Crippen molar-refractivity contribution in [1.82, 2.24) is 9.88 Å². The quantitative estimate of drug-likeness (QED) is 0.782. The fourth-order valence-corrected chi connectivity index (χ4v) is 2.19. The van der Waals surface area contributed by atoms with Gasteiger partial charge in [-0.25, -0.2) is 0 Å². The van der Waals surface area contributed by atoms with E-state index in [0.29, 0.717) is 12.1 Å². The number of hydrogen-bond acceptors (Lipinski definition) is 1. The van der Waals surface area contributed by atoms with Crippen LogP contribution in [0.15, 0.2) is 6.07 Å². The molecule has 0 unspecified atom stereocenters. The second kappa shape index (κ2) is 4.18. The Bertz CT molecular complexity index is 310. The third-order valence-electron chi connectivity index (χ3n) is 2.94. The number of nitrogens with zero attached hydrogens (tertiary/aromatic N) is 1. The molecule has 0 aromatic carbocycles. The number of hydrogen-bond donors (Lipinski definition) is 1. The topological polar surface area (TPSA) is 17.0 Å². The zero-order chi connectivity index (χ0) is 10.9. The van der Waals surface area contributed by atoms with E-state index in [9.17, 15) is 0 Å². The first-order chi connectivity index (χ1) is 6.49. The summed E-state index contributed by atoms with van der Waals surface area (Å²) in [6.45, 7) is 11.0. The molecule has 0 fully saturated rings. The lowest BCUT2D eigenvalue weighted by atomic mass is 10.1. The summed E-state index contributed by atoms with van der Waals surface area (Å²) in [6, 6.07) is 3.28. The van der Waals surface area contributed by atoms with E-state index in [1.54, 1.807) is 0 Å². The molecule has 2 heteroatoms. The molecule has 1 N–H and O–H groups in total. The molecule has 0 radical (unpaired) electrons. The average molecular weight is 194 g/mol. The molecule has 0 aliphatic heterocycles. The molecular weight excluding hydrogens is 172 g/mol. The minimum atomic E-state index is 0.439. The van der Waals surface area contributed by atoms with Crippen molar-refractivity contribution in [3.05, 3.63) is 23.0 Å². The molecule has 0 aliphatic carbocycles. The fraction of sp³-hybridized carbons (Fsp3) is 0.667. The maximum absolute atomic E-state index is 3.29. The van der Waals surface area contributed by atoms with Crippen molar-refractivity contribution >= 4 is 0 Å². The highest BCUT2D eigenvalue weighted by Crippen LogP contribution is 2.24. The number of nitrogens with one attached hydrogen (secondary N) is 1. The van der Waals surface area contributed by atoms with Crippen molar-refractivity contribution in [2.45, 2.75) is 46.7 Å². The van der Waals surface area contributed by atoms with Gasteiger partial charge in [-0.1, -0.05) is 0 Å². The summed E-state index contributed by atoms with van der Waals surface area (Å²) in [4.78, 5) is 0. The minimum absolute atomic E-state index is 0.439. The Hall–Kier alpha value is -0.760. The third-order valence-corrected chi connectivity index (χ3v) is 2.94. The summed E-state index contributed by atoms with van der Waals surface area (Å²) in [6.07, 6.45) is 0. The van der Waals surface area contributed by atoms with Gasteiger partial charge >= 0.3 is 0 Å². The van der Waals surface area contributed by atoms with Crippen LogP contribution in [0.25, 0.3) is 0 Å². The van der Waals surface area contributed by atoms with Crippen LogP contribution in [-0.2, 0) is 0 Å². The Kier molecular flexibility index (Phi) is 3.38. The zero-order valence-electron chi connectivity index (χ0n) is 10.2. The monoisotopic (exact) mass is 194 g/mol. The molecule has 0 saturated carbocycles. The Balaban J connectivity index is 3.16. The first-order valence-electron chi connectivity index (χ1n) is 5.34. The van der Waals surface area contributed by atoms with Crippen molar-refractivity contribution in [3.8, 4) is 0 Å². The Morgan fingerprint density at radius 2 is 1.79 bits per heavy atom. The summed E-state index contributed by atoms with van der Waals surface area (Å²) >= 11 is 0. The molecule has 1 rings (SSSR count). The number of rotatable bonds is 3. The second-order valence-electron chi connectivity index (χ2n) is 4.30. The van der Waals surface area contributed by atoms with Crippen molar-refractivity contribution in [3.63, 3.8) is 0 Å². The Morgan fingerprint density at radius 3 is 2.14 bits per heavy atom. The molecule has 1 aromatic rings. The molecule has 1 aromatic heterocycles. The third kappa shape index (κ3) is 1.85. The molecular formula is C12H22N2. The molecule has 0 amide bonds. The predicted octanol–water partition coefficient (Wildman–Crippen LogP) is 2.97. The SMILES string of the molecule is CN[C@@H](C)c1cc(C)n(C(C)C)c1C. The molecule has 0 bridgehead atoms. The maximum atomic E-state index is 3.29. The van der Waals surface area contributed by atoms with E-state index in [1.165, 1.54) is 17.0 Å². The number of aryl methyl sites for hydroxylation is 1. The summed E-state index contributed by atoms with van der Waals surface area (Å²) in [5, 5.41) is 3.29. The first kappa shape index (κ1) is 11.3. The van der Waals surface area contributed by atoms with Gasteiger partial charge in [0, 0.05) is 23.5 Å². The largest absolute Gasteiger partial charge is 0.346 e. The van der Waals surface area contributed by atoms with Crippen molar-refractivity contribution in [2.75, 3.05) is 7.05 Å². The normalized spacial score (nSPS) is 13.6. The van der Waals surface area contributed by atoms with Crippen LogP contribution in [0, 0.1) is 13.8 Å². The second-order valence-corrected chi connectivity index (χ2v) is 4.30. The van der Waals surface area contributed by atoms with Crippen LogP contribution in [0.4, 0.5) is 0 Å². The van der Waals surface area contributed by atoms with Gasteiger partial charge in [-0.3, -0.25) is 0 Å². The van der Waals surface area contributed by atoms with E-state index < -0.39 is 0 Å². The lowest BCUT2D eigenvalue weighted by Gasteiger charge is -2.15. The van der Waals surface area contributed by atoms with Crippen LogP contribution in [-0.4, -0.2) is 11.6 Å². The van der Waals surface area contributed by atoms with Crippen LogP contribution in [0.1, 0.15) is 49.8 Å². The van der Waals surface area contributed by atoms with Crippen LogP contribution < -0.4 is 5.32 Å². The highest BCUT2D eigenvalue weighted by Gasteiger charge is 2.14. The van der Waals surface area contributed by atoms with Crippen molar-refractivity contribution in [2.24, 2.45) is 0 Å². The molecule has 0 saturated heterocycles. The van der Waals surface area contributed by atoms with E-state index in [-0.39, 0.29) is 0 Å². The average Bonchev–Trinajstić information content (AvgIpc) is 2.40. The van der Waals surface area contributed by atoms with Gasteiger partial charge in [0.1, 0.15) is 0 Å². The van der Waals surface area contributed by atoms with Gasteiger partial charge in [0.25, 0.3) is 0 Å². The predicted molar refractivity (Wildman–Crippen MR) is 61.8 cm³/mol. The van der Waals surface area contributed by atoms with Gasteiger partial charge in [0.05, 0.1) is 0 Å². The number of aromatic nitrogens is 1. The molecule has 0 spiro atoms. The van der Waals surface area contributed by atoms with Gasteiger partial charge in [-0.05, 0) is 53.3 Å². The highest BCUT2D eigenvalue weighted by molar-refractivity contribution is 5.29. The van der Waals surface area contributed by atoms with E-state index in [4.69, 9.17) is 0 Å². The summed E-state index contributed by atoms with van der Waals surface area (Å²) in [5.41, 5.74) is 4.16. The maximum Gasteiger partial charge on any atom is 0.0306 e. The molecule has 80 valence electrons. The molecule has 0 aliphatic rings. The van der Waals surface area contributed by atoms with Crippen molar-refractivity contribution < 1.29 is 0 Å². The first-order valence-corrected chi connectivity index (χ1v) is 5.34. The fourth-order valence-electron chi connectivity index (χ4n) is 2.19.